The summed E-state index contributed by atoms with van der Waals surface area (Å²) < 4.78 is 52.9. The molecule has 5 nitrogen and oxygen atoms in total. The molecule has 144 valence electrons. The Morgan fingerprint density at radius 1 is 1.11 bits per heavy atom. The van der Waals surface area contributed by atoms with Gasteiger partial charge in [-0.15, -0.1) is 0 Å². The molecule has 1 saturated heterocycles. The summed E-state index contributed by atoms with van der Waals surface area (Å²) in [5.41, 5.74) is 0.828. The van der Waals surface area contributed by atoms with Crippen molar-refractivity contribution in [3.05, 3.63) is 65.7 Å². The summed E-state index contributed by atoms with van der Waals surface area (Å²) in [6.07, 6.45) is 1.09. The number of rotatable bonds is 5. The van der Waals surface area contributed by atoms with Gasteiger partial charge < -0.3 is 5.32 Å². The number of hydrogen-bond acceptors (Lipinski definition) is 3. The van der Waals surface area contributed by atoms with Gasteiger partial charge in [-0.1, -0.05) is 30.3 Å². The Hall–Kier alpha value is -2.32. The van der Waals surface area contributed by atoms with Gasteiger partial charge in [-0.05, 0) is 30.5 Å². The molecule has 0 bridgehead atoms. The second-order valence-corrected chi connectivity index (χ2v) is 8.53. The van der Waals surface area contributed by atoms with Gasteiger partial charge >= 0.3 is 0 Å². The van der Waals surface area contributed by atoms with E-state index in [-0.39, 0.29) is 18.0 Å². The van der Waals surface area contributed by atoms with Gasteiger partial charge in [0.1, 0.15) is 0 Å². The van der Waals surface area contributed by atoms with Crippen molar-refractivity contribution in [2.45, 2.75) is 18.6 Å². The van der Waals surface area contributed by atoms with Crippen molar-refractivity contribution in [1.29, 1.82) is 0 Å². The molecule has 27 heavy (non-hydrogen) atoms. The fourth-order valence-corrected chi connectivity index (χ4v) is 4.71. The second kappa shape index (κ2) is 8.14. The van der Waals surface area contributed by atoms with E-state index in [0.29, 0.717) is 24.9 Å². The lowest BCUT2D eigenvalue weighted by Crippen LogP contribution is -2.44. The number of nitrogens with one attached hydrogen (secondary N) is 1. The first-order valence-electron chi connectivity index (χ1n) is 8.63. The summed E-state index contributed by atoms with van der Waals surface area (Å²) in [6.45, 7) is 0.439. The molecule has 2 aromatic rings. The maximum absolute atomic E-state index is 13.3. The Bertz CT molecular complexity index is 920. The molecule has 3 rings (SSSR count). The Morgan fingerprint density at radius 2 is 1.85 bits per heavy atom. The van der Waals surface area contributed by atoms with Crippen molar-refractivity contribution in [3.63, 3.8) is 0 Å². The SMILES string of the molecule is O=C(Nc1ccc(F)c(F)c1)[C@@H]1CCCN(S(=O)(=O)Cc2ccccc2)C1. The van der Waals surface area contributed by atoms with Gasteiger partial charge in [-0.2, -0.15) is 0 Å². The van der Waals surface area contributed by atoms with Crippen LogP contribution in [0.25, 0.3) is 0 Å². The third kappa shape index (κ3) is 4.90. The first-order valence-corrected chi connectivity index (χ1v) is 10.2. The monoisotopic (exact) mass is 394 g/mol. The zero-order chi connectivity index (χ0) is 19.4. The minimum atomic E-state index is -3.54. The Kier molecular flexibility index (Phi) is 5.86. The average Bonchev–Trinajstić information content (AvgIpc) is 2.65. The van der Waals surface area contributed by atoms with Gasteiger partial charge in [0.15, 0.2) is 11.6 Å². The summed E-state index contributed by atoms with van der Waals surface area (Å²) in [7, 11) is -3.54. The molecular formula is C19H20F2N2O3S. The van der Waals surface area contributed by atoms with Crippen LogP contribution in [0.5, 0.6) is 0 Å². The molecule has 0 unspecified atom stereocenters. The van der Waals surface area contributed by atoms with E-state index < -0.39 is 33.5 Å². The van der Waals surface area contributed by atoms with Gasteiger partial charge in [0.2, 0.25) is 15.9 Å². The van der Waals surface area contributed by atoms with Crippen LogP contribution < -0.4 is 5.32 Å². The standard InChI is InChI=1S/C19H20F2N2O3S/c20-17-9-8-16(11-18(17)21)22-19(24)15-7-4-10-23(12-15)27(25,26)13-14-5-2-1-3-6-14/h1-3,5-6,8-9,11,15H,4,7,10,12-13H2,(H,22,24)/t15-/m1/s1. The molecule has 0 spiro atoms. The Morgan fingerprint density at radius 3 is 2.56 bits per heavy atom. The van der Waals surface area contributed by atoms with Crippen LogP contribution in [0.15, 0.2) is 48.5 Å². The Labute approximate surface area is 157 Å². The summed E-state index contributed by atoms with van der Waals surface area (Å²) in [6, 6.07) is 12.0. The molecular weight excluding hydrogens is 374 g/mol. The third-order valence-corrected chi connectivity index (χ3v) is 6.34. The van der Waals surface area contributed by atoms with Crippen LogP contribution in [0, 0.1) is 17.6 Å². The molecule has 0 radical (unpaired) electrons. The highest BCUT2D eigenvalue weighted by Gasteiger charge is 2.32. The van der Waals surface area contributed by atoms with Crippen molar-refractivity contribution in [3.8, 4) is 0 Å². The maximum Gasteiger partial charge on any atom is 0.228 e. The van der Waals surface area contributed by atoms with E-state index >= 15 is 0 Å². The molecule has 0 saturated carbocycles. The summed E-state index contributed by atoms with van der Waals surface area (Å²) in [5, 5.41) is 2.53. The molecule has 0 aromatic heterocycles. The molecule has 1 aliphatic heterocycles. The van der Waals surface area contributed by atoms with Crippen molar-refractivity contribution in [2.75, 3.05) is 18.4 Å². The predicted octanol–water partition coefficient (Wildman–Crippen LogP) is 3.15. The van der Waals surface area contributed by atoms with E-state index in [0.717, 1.165) is 12.1 Å². The highest BCUT2D eigenvalue weighted by atomic mass is 32.2. The van der Waals surface area contributed by atoms with E-state index in [2.05, 4.69) is 5.32 Å². The van der Waals surface area contributed by atoms with Crippen molar-refractivity contribution in [1.82, 2.24) is 4.31 Å². The summed E-state index contributed by atoms with van der Waals surface area (Å²) >= 11 is 0. The topological polar surface area (TPSA) is 66.5 Å². The number of hydrogen-bond donors (Lipinski definition) is 1. The van der Waals surface area contributed by atoms with Gasteiger partial charge in [-0.25, -0.2) is 21.5 Å². The van der Waals surface area contributed by atoms with E-state index in [1.54, 1.807) is 24.3 Å². The number of piperidine rings is 1. The number of anilines is 1. The molecule has 1 aliphatic rings. The minimum absolute atomic E-state index is 0.0741. The van der Waals surface area contributed by atoms with Crippen LogP contribution in [-0.2, 0) is 20.6 Å². The van der Waals surface area contributed by atoms with Crippen LogP contribution in [0.1, 0.15) is 18.4 Å². The van der Waals surface area contributed by atoms with E-state index in [1.807, 2.05) is 6.07 Å². The number of sulfonamides is 1. The highest BCUT2D eigenvalue weighted by molar-refractivity contribution is 7.88. The zero-order valence-corrected chi connectivity index (χ0v) is 15.4. The molecule has 1 atom stereocenters. The summed E-state index contributed by atoms with van der Waals surface area (Å²) in [4.78, 5) is 12.4. The first kappa shape index (κ1) is 19.4. The van der Waals surface area contributed by atoms with Crippen molar-refractivity contribution >= 4 is 21.6 Å². The lowest BCUT2D eigenvalue weighted by molar-refractivity contribution is -0.120. The van der Waals surface area contributed by atoms with Gasteiger partial charge in [0.25, 0.3) is 0 Å². The number of halogens is 2. The van der Waals surface area contributed by atoms with Crippen LogP contribution in [0.4, 0.5) is 14.5 Å². The summed E-state index contributed by atoms with van der Waals surface area (Å²) in [5.74, 6) is -3.11. The molecule has 2 aromatic carbocycles. The van der Waals surface area contributed by atoms with Crippen molar-refractivity contribution < 1.29 is 22.0 Å². The highest BCUT2D eigenvalue weighted by Crippen LogP contribution is 2.23. The number of carbonyl (C=O) groups is 1. The maximum atomic E-state index is 13.3. The average molecular weight is 394 g/mol. The van der Waals surface area contributed by atoms with E-state index in [9.17, 15) is 22.0 Å². The molecule has 1 heterocycles. The van der Waals surface area contributed by atoms with E-state index in [1.165, 1.54) is 10.4 Å². The Balaban J connectivity index is 1.66. The molecule has 1 amide bonds. The zero-order valence-electron chi connectivity index (χ0n) is 14.6. The van der Waals surface area contributed by atoms with Gasteiger partial charge in [0, 0.05) is 24.8 Å². The van der Waals surface area contributed by atoms with Crippen LogP contribution in [0.2, 0.25) is 0 Å². The van der Waals surface area contributed by atoms with Crippen LogP contribution in [0.3, 0.4) is 0 Å². The number of benzene rings is 2. The van der Waals surface area contributed by atoms with Crippen LogP contribution >= 0.6 is 0 Å². The molecule has 1 N–H and O–H groups in total. The molecule has 0 aliphatic carbocycles. The normalized spacial score (nSPS) is 18.2. The minimum Gasteiger partial charge on any atom is -0.326 e. The van der Waals surface area contributed by atoms with E-state index in [4.69, 9.17) is 0 Å². The lowest BCUT2D eigenvalue weighted by Gasteiger charge is -2.31. The molecule has 1 fully saturated rings. The molecule has 8 heteroatoms. The largest absolute Gasteiger partial charge is 0.326 e. The van der Waals surface area contributed by atoms with Gasteiger partial charge in [0.05, 0.1) is 11.7 Å². The first-order chi connectivity index (χ1) is 12.8. The smallest absolute Gasteiger partial charge is 0.228 e. The van der Waals surface area contributed by atoms with Gasteiger partial charge in [-0.3, -0.25) is 4.79 Å². The van der Waals surface area contributed by atoms with Crippen molar-refractivity contribution in [2.24, 2.45) is 5.92 Å². The second-order valence-electron chi connectivity index (χ2n) is 6.56. The fraction of sp³-hybridized carbons (Fsp3) is 0.316. The van der Waals surface area contributed by atoms with Crippen LogP contribution in [-0.4, -0.2) is 31.7 Å². The fourth-order valence-electron chi connectivity index (χ4n) is 3.10. The quantitative estimate of drug-likeness (QED) is 0.847. The number of nitrogens with zero attached hydrogens (tertiary/aromatic N) is 1. The lowest BCUT2D eigenvalue weighted by atomic mass is 9.98. The third-order valence-electron chi connectivity index (χ3n) is 4.53. The predicted molar refractivity (Wildman–Crippen MR) is 98.4 cm³/mol. The number of amides is 1. The number of carbonyl (C=O) groups excluding carboxylic acids is 1.